The second-order valence-electron chi connectivity index (χ2n) is 4.11. The van der Waals surface area contributed by atoms with Crippen LogP contribution in [0.1, 0.15) is 5.56 Å². The number of nitrogens with two attached hydrogens (primary N) is 1. The summed E-state index contributed by atoms with van der Waals surface area (Å²) in [5, 5.41) is 2.27. The van der Waals surface area contributed by atoms with Crippen LogP contribution in [0.2, 0.25) is 0 Å². The molecule has 0 heterocycles. The van der Waals surface area contributed by atoms with E-state index in [1.807, 2.05) is 0 Å². The summed E-state index contributed by atoms with van der Waals surface area (Å²) < 4.78 is 26.3. The van der Waals surface area contributed by atoms with Gasteiger partial charge < -0.3 is 11.1 Å². The topological polar surface area (TPSA) is 55.1 Å². The van der Waals surface area contributed by atoms with E-state index in [1.165, 1.54) is 6.08 Å². The molecule has 0 radical (unpaired) electrons. The highest BCUT2D eigenvalue weighted by atomic mass is 19.1. The van der Waals surface area contributed by atoms with Crippen molar-refractivity contribution in [2.75, 3.05) is 11.1 Å². The lowest BCUT2D eigenvalue weighted by Crippen LogP contribution is -2.09. The van der Waals surface area contributed by atoms with Crippen molar-refractivity contribution in [3.05, 3.63) is 65.7 Å². The van der Waals surface area contributed by atoms with Crippen LogP contribution in [-0.2, 0) is 4.79 Å². The van der Waals surface area contributed by atoms with Crippen LogP contribution in [0, 0.1) is 11.6 Å². The molecule has 0 unspecified atom stereocenters. The number of carbonyl (C=O) groups is 1. The Balaban J connectivity index is 2.05. The smallest absolute Gasteiger partial charge is 0.248 e. The number of anilines is 2. The fourth-order valence-electron chi connectivity index (χ4n) is 1.55. The summed E-state index contributed by atoms with van der Waals surface area (Å²) in [5.41, 5.74) is 6.73. The SMILES string of the molecule is Nc1ccc(/C=C/C(=O)Nc2cc(F)ccc2F)cc1. The molecule has 5 heteroatoms. The molecule has 0 aliphatic heterocycles. The maximum absolute atomic E-state index is 13.3. The Hall–Kier alpha value is -2.69. The van der Waals surface area contributed by atoms with Gasteiger partial charge in [-0.15, -0.1) is 0 Å². The van der Waals surface area contributed by atoms with Gasteiger partial charge in [0.25, 0.3) is 0 Å². The number of hydrogen-bond acceptors (Lipinski definition) is 2. The van der Waals surface area contributed by atoms with E-state index < -0.39 is 17.5 Å². The minimum Gasteiger partial charge on any atom is -0.399 e. The Morgan fingerprint density at radius 2 is 1.80 bits per heavy atom. The molecule has 0 aromatic heterocycles. The Kier molecular flexibility index (Phi) is 4.10. The first-order chi connectivity index (χ1) is 9.54. The molecule has 0 bridgehead atoms. The van der Waals surface area contributed by atoms with Gasteiger partial charge >= 0.3 is 0 Å². The van der Waals surface area contributed by atoms with E-state index in [-0.39, 0.29) is 5.69 Å². The van der Waals surface area contributed by atoms with Crippen LogP contribution in [0.5, 0.6) is 0 Å². The first kappa shape index (κ1) is 13.7. The first-order valence-electron chi connectivity index (χ1n) is 5.84. The zero-order valence-corrected chi connectivity index (χ0v) is 10.4. The predicted octanol–water partition coefficient (Wildman–Crippen LogP) is 3.20. The van der Waals surface area contributed by atoms with E-state index in [4.69, 9.17) is 5.73 Å². The van der Waals surface area contributed by atoms with Gasteiger partial charge in [-0.2, -0.15) is 0 Å². The van der Waals surface area contributed by atoms with Gasteiger partial charge in [0.2, 0.25) is 5.91 Å². The van der Waals surface area contributed by atoms with Gasteiger partial charge in [-0.3, -0.25) is 4.79 Å². The molecule has 2 aromatic carbocycles. The van der Waals surface area contributed by atoms with Gasteiger partial charge in [-0.25, -0.2) is 8.78 Å². The molecule has 1 amide bonds. The van der Waals surface area contributed by atoms with Gasteiger partial charge in [-0.1, -0.05) is 12.1 Å². The van der Waals surface area contributed by atoms with E-state index in [2.05, 4.69) is 5.32 Å². The van der Waals surface area contributed by atoms with Crippen molar-refractivity contribution in [1.82, 2.24) is 0 Å². The van der Waals surface area contributed by atoms with Crippen molar-refractivity contribution >= 4 is 23.4 Å². The zero-order valence-electron chi connectivity index (χ0n) is 10.4. The first-order valence-corrected chi connectivity index (χ1v) is 5.84. The summed E-state index contributed by atoms with van der Waals surface area (Å²) in [7, 11) is 0. The van der Waals surface area contributed by atoms with E-state index in [9.17, 15) is 13.6 Å². The summed E-state index contributed by atoms with van der Waals surface area (Å²) in [4.78, 5) is 11.6. The number of hydrogen-bond donors (Lipinski definition) is 2. The molecular weight excluding hydrogens is 262 g/mol. The van der Waals surface area contributed by atoms with Crippen molar-refractivity contribution in [2.24, 2.45) is 0 Å². The maximum atomic E-state index is 13.3. The number of benzene rings is 2. The molecule has 3 N–H and O–H groups in total. The number of amides is 1. The molecule has 0 spiro atoms. The molecule has 102 valence electrons. The van der Waals surface area contributed by atoms with Crippen LogP contribution < -0.4 is 11.1 Å². The van der Waals surface area contributed by atoms with E-state index in [0.29, 0.717) is 5.69 Å². The quantitative estimate of drug-likeness (QED) is 0.667. The van der Waals surface area contributed by atoms with Gasteiger partial charge in [0, 0.05) is 17.8 Å². The number of carbonyl (C=O) groups excluding carboxylic acids is 1. The van der Waals surface area contributed by atoms with Crippen LogP contribution in [0.15, 0.2) is 48.5 Å². The highest BCUT2D eigenvalue weighted by molar-refractivity contribution is 6.02. The molecule has 0 saturated heterocycles. The molecule has 3 nitrogen and oxygen atoms in total. The van der Waals surface area contributed by atoms with Crippen LogP contribution >= 0.6 is 0 Å². The van der Waals surface area contributed by atoms with Crippen molar-refractivity contribution in [3.63, 3.8) is 0 Å². The molecule has 0 atom stereocenters. The fourth-order valence-corrected chi connectivity index (χ4v) is 1.55. The number of halogens is 2. The highest BCUT2D eigenvalue weighted by Crippen LogP contribution is 2.15. The largest absolute Gasteiger partial charge is 0.399 e. The van der Waals surface area contributed by atoms with Gasteiger partial charge in [0.1, 0.15) is 11.6 Å². The molecule has 20 heavy (non-hydrogen) atoms. The molecule has 2 rings (SSSR count). The van der Waals surface area contributed by atoms with Crippen LogP contribution in [0.25, 0.3) is 6.08 Å². The lowest BCUT2D eigenvalue weighted by atomic mass is 10.2. The summed E-state index contributed by atoms with van der Waals surface area (Å²) in [6, 6.07) is 9.73. The Morgan fingerprint density at radius 3 is 2.50 bits per heavy atom. The molecular formula is C15H12F2N2O. The second-order valence-corrected chi connectivity index (χ2v) is 4.11. The van der Waals surface area contributed by atoms with Crippen molar-refractivity contribution < 1.29 is 13.6 Å². The normalized spacial score (nSPS) is 10.7. The van der Waals surface area contributed by atoms with Gasteiger partial charge in [-0.05, 0) is 35.9 Å². The van der Waals surface area contributed by atoms with Crippen molar-refractivity contribution in [3.8, 4) is 0 Å². The Morgan fingerprint density at radius 1 is 1.10 bits per heavy atom. The van der Waals surface area contributed by atoms with Crippen LogP contribution in [-0.4, -0.2) is 5.91 Å². The number of nitrogen functional groups attached to an aromatic ring is 1. The van der Waals surface area contributed by atoms with Gasteiger partial charge in [0.05, 0.1) is 5.69 Å². The van der Waals surface area contributed by atoms with Crippen molar-refractivity contribution in [1.29, 1.82) is 0 Å². The van der Waals surface area contributed by atoms with Gasteiger partial charge in [0.15, 0.2) is 0 Å². The molecule has 0 saturated carbocycles. The number of rotatable bonds is 3. The summed E-state index contributed by atoms with van der Waals surface area (Å²) in [6.45, 7) is 0. The third kappa shape index (κ3) is 3.65. The van der Waals surface area contributed by atoms with E-state index in [0.717, 1.165) is 23.8 Å². The summed E-state index contributed by atoms with van der Waals surface area (Å²) in [6.07, 6.45) is 2.78. The average molecular weight is 274 g/mol. The fraction of sp³-hybridized carbons (Fsp3) is 0. The molecule has 0 fully saturated rings. The second kappa shape index (κ2) is 5.97. The lowest BCUT2D eigenvalue weighted by molar-refractivity contribution is -0.111. The highest BCUT2D eigenvalue weighted by Gasteiger charge is 2.05. The minimum absolute atomic E-state index is 0.197. The summed E-state index contributed by atoms with van der Waals surface area (Å²) >= 11 is 0. The molecule has 2 aromatic rings. The third-order valence-corrected chi connectivity index (χ3v) is 2.55. The molecule has 0 aliphatic carbocycles. The van der Waals surface area contributed by atoms with Crippen LogP contribution in [0.3, 0.4) is 0 Å². The third-order valence-electron chi connectivity index (χ3n) is 2.55. The standard InChI is InChI=1S/C15H12F2N2O/c16-11-4-7-13(17)14(9-11)19-15(20)8-3-10-1-5-12(18)6-2-10/h1-9H,18H2,(H,19,20)/b8-3+. The predicted molar refractivity (Wildman–Crippen MR) is 74.9 cm³/mol. The zero-order chi connectivity index (χ0) is 14.5. The Labute approximate surface area is 114 Å². The lowest BCUT2D eigenvalue weighted by Gasteiger charge is -2.03. The Bertz CT molecular complexity index is 651. The maximum Gasteiger partial charge on any atom is 0.248 e. The van der Waals surface area contributed by atoms with Crippen LogP contribution in [0.4, 0.5) is 20.2 Å². The van der Waals surface area contributed by atoms with Crippen molar-refractivity contribution in [2.45, 2.75) is 0 Å². The van der Waals surface area contributed by atoms with E-state index >= 15 is 0 Å². The van der Waals surface area contributed by atoms with E-state index in [1.54, 1.807) is 30.3 Å². The molecule has 0 aliphatic rings. The number of nitrogens with one attached hydrogen (secondary N) is 1. The summed E-state index contributed by atoms with van der Waals surface area (Å²) in [5.74, 6) is -1.86. The average Bonchev–Trinajstić information content (AvgIpc) is 2.42. The monoisotopic (exact) mass is 274 g/mol. The minimum atomic E-state index is -0.694.